The summed E-state index contributed by atoms with van der Waals surface area (Å²) in [6.07, 6.45) is 0.715. The summed E-state index contributed by atoms with van der Waals surface area (Å²) in [4.78, 5) is 12.2. The van der Waals surface area contributed by atoms with Crippen molar-refractivity contribution in [2.45, 2.75) is 13.3 Å². The molecule has 6 nitrogen and oxygen atoms in total. The van der Waals surface area contributed by atoms with Gasteiger partial charge in [0.25, 0.3) is 5.91 Å². The third kappa shape index (κ3) is 3.30. The number of benzene rings is 2. The lowest BCUT2D eigenvalue weighted by atomic mass is 9.99. The van der Waals surface area contributed by atoms with Crippen LogP contribution in [0.15, 0.2) is 24.3 Å². The number of anilines is 1. The number of nitrogen functional groups attached to an aromatic ring is 1. The van der Waals surface area contributed by atoms with Crippen molar-refractivity contribution < 1.29 is 22.7 Å². The molecule has 1 amide bonds. The van der Waals surface area contributed by atoms with Crippen molar-refractivity contribution in [2.24, 2.45) is 0 Å². The van der Waals surface area contributed by atoms with E-state index in [1.165, 1.54) is 13.2 Å². The highest BCUT2D eigenvalue weighted by Gasteiger charge is 2.23. The van der Waals surface area contributed by atoms with Gasteiger partial charge in [-0.3, -0.25) is 4.79 Å². The normalized spacial score (nSPS) is 10.9. The number of carbonyl (C=O) groups excluding carboxylic acids is 1. The lowest BCUT2D eigenvalue weighted by molar-refractivity contribution is 0.0949. The van der Waals surface area contributed by atoms with Gasteiger partial charge in [0, 0.05) is 29.1 Å². The van der Waals surface area contributed by atoms with Crippen LogP contribution in [0.5, 0.6) is 5.75 Å². The molecule has 1 heterocycles. The molecule has 3 rings (SSSR count). The number of fused-ring (bicyclic) bond motifs is 1. The number of hydrogen-bond acceptors (Lipinski definition) is 5. The van der Waals surface area contributed by atoms with Crippen LogP contribution in [0.4, 0.5) is 18.9 Å². The summed E-state index contributed by atoms with van der Waals surface area (Å²) in [6, 6.07) is 3.96. The highest BCUT2D eigenvalue weighted by atomic mass is 19.1. The van der Waals surface area contributed by atoms with Crippen LogP contribution in [-0.2, 0) is 0 Å². The number of methoxy groups -OCH3 is 1. The van der Waals surface area contributed by atoms with Crippen LogP contribution in [0.1, 0.15) is 23.8 Å². The van der Waals surface area contributed by atoms with Gasteiger partial charge in [0.15, 0.2) is 17.3 Å². The molecule has 0 aliphatic rings. The summed E-state index contributed by atoms with van der Waals surface area (Å²) in [5.41, 5.74) is 5.46. The van der Waals surface area contributed by atoms with E-state index in [4.69, 9.17) is 10.5 Å². The maximum Gasteiger partial charge on any atom is 0.273 e. The van der Waals surface area contributed by atoms with Crippen LogP contribution >= 0.6 is 0 Å². The molecule has 0 bridgehead atoms. The third-order valence-corrected chi connectivity index (χ3v) is 4.15. The number of rotatable bonds is 5. The number of halogens is 3. The first-order valence-electron chi connectivity index (χ1n) is 8.45. The molecule has 146 valence electrons. The van der Waals surface area contributed by atoms with Gasteiger partial charge in [-0.2, -0.15) is 0 Å². The Kier molecular flexibility index (Phi) is 5.34. The Hall–Kier alpha value is -3.36. The first-order chi connectivity index (χ1) is 13.4. The van der Waals surface area contributed by atoms with Gasteiger partial charge in [-0.1, -0.05) is 6.92 Å². The Morgan fingerprint density at radius 1 is 1.18 bits per heavy atom. The minimum absolute atomic E-state index is 0.0179. The molecule has 0 saturated heterocycles. The monoisotopic (exact) mass is 390 g/mol. The van der Waals surface area contributed by atoms with Gasteiger partial charge in [-0.05, 0) is 24.6 Å². The van der Waals surface area contributed by atoms with Crippen LogP contribution in [-0.4, -0.2) is 29.8 Å². The molecule has 0 unspecified atom stereocenters. The van der Waals surface area contributed by atoms with Gasteiger partial charge < -0.3 is 15.8 Å². The predicted octanol–water partition coefficient (Wildman–Crippen LogP) is 3.44. The molecule has 3 aromatic rings. The highest BCUT2D eigenvalue weighted by Crippen LogP contribution is 2.39. The van der Waals surface area contributed by atoms with Crippen molar-refractivity contribution in [1.29, 1.82) is 0 Å². The van der Waals surface area contributed by atoms with E-state index in [0.29, 0.717) is 19.0 Å². The maximum absolute atomic E-state index is 14.7. The minimum Gasteiger partial charge on any atom is -0.493 e. The summed E-state index contributed by atoms with van der Waals surface area (Å²) in [6.45, 7) is 2.31. The average molecular weight is 390 g/mol. The zero-order valence-corrected chi connectivity index (χ0v) is 15.1. The van der Waals surface area contributed by atoms with Gasteiger partial charge in [-0.25, -0.2) is 13.2 Å². The fourth-order valence-corrected chi connectivity index (χ4v) is 2.87. The summed E-state index contributed by atoms with van der Waals surface area (Å²) < 4.78 is 47.5. The second-order valence-corrected chi connectivity index (χ2v) is 6.01. The number of ether oxygens (including phenoxy) is 1. The minimum atomic E-state index is -0.995. The van der Waals surface area contributed by atoms with Gasteiger partial charge in [0.05, 0.1) is 12.8 Å². The number of amides is 1. The molecule has 0 fully saturated rings. The van der Waals surface area contributed by atoms with E-state index in [1.54, 1.807) is 0 Å². The summed E-state index contributed by atoms with van der Waals surface area (Å²) in [5, 5.41) is 10.6. The Bertz CT molecular complexity index is 1070. The molecule has 0 atom stereocenters. The molecule has 0 radical (unpaired) electrons. The van der Waals surface area contributed by atoms with Gasteiger partial charge in [-0.15, -0.1) is 10.2 Å². The van der Waals surface area contributed by atoms with Crippen LogP contribution in [0.25, 0.3) is 22.0 Å². The van der Waals surface area contributed by atoms with Crippen molar-refractivity contribution in [3.63, 3.8) is 0 Å². The second-order valence-electron chi connectivity index (χ2n) is 6.01. The largest absolute Gasteiger partial charge is 0.493 e. The van der Waals surface area contributed by atoms with E-state index in [1.807, 2.05) is 6.92 Å². The van der Waals surface area contributed by atoms with E-state index in [9.17, 15) is 18.0 Å². The van der Waals surface area contributed by atoms with E-state index in [-0.39, 0.29) is 39.2 Å². The molecule has 0 spiro atoms. The number of hydrogen-bond donors (Lipinski definition) is 2. The summed E-state index contributed by atoms with van der Waals surface area (Å²) in [5.74, 6) is -3.58. The highest BCUT2D eigenvalue weighted by molar-refractivity contribution is 6.07. The molecule has 0 saturated carbocycles. The molecule has 0 aliphatic heterocycles. The van der Waals surface area contributed by atoms with Gasteiger partial charge >= 0.3 is 0 Å². The van der Waals surface area contributed by atoms with Crippen molar-refractivity contribution >= 4 is 22.5 Å². The third-order valence-electron chi connectivity index (χ3n) is 4.15. The zero-order chi connectivity index (χ0) is 20.4. The Morgan fingerprint density at radius 2 is 1.93 bits per heavy atom. The number of nitrogens with zero attached hydrogens (tertiary/aromatic N) is 2. The second kappa shape index (κ2) is 7.71. The maximum atomic E-state index is 14.7. The quantitative estimate of drug-likeness (QED) is 0.697. The van der Waals surface area contributed by atoms with Crippen LogP contribution < -0.4 is 15.8 Å². The van der Waals surface area contributed by atoms with E-state index >= 15 is 0 Å². The SMILES string of the molecule is CCCNC(=O)c1nnc2c(-c3cc(F)cc(F)c3OC)c(F)ccc2c1N. The first-order valence-corrected chi connectivity index (χ1v) is 8.45. The lowest BCUT2D eigenvalue weighted by Gasteiger charge is -2.14. The standard InChI is InChI=1S/C19H17F3N4O2/c1-3-6-24-19(27)17-15(23)10-4-5-12(21)14(16(10)25-26-17)11-7-9(20)8-13(22)18(11)28-2/h4-5,7-8H,3,6H2,1-2H3,(H2,23,25)(H,24,27). The molecular weight excluding hydrogens is 373 g/mol. The molecule has 9 heteroatoms. The molecular formula is C19H17F3N4O2. The summed E-state index contributed by atoms with van der Waals surface area (Å²) >= 11 is 0. The smallest absolute Gasteiger partial charge is 0.273 e. The van der Waals surface area contributed by atoms with Crippen LogP contribution in [0.2, 0.25) is 0 Å². The van der Waals surface area contributed by atoms with Crippen LogP contribution in [0.3, 0.4) is 0 Å². The van der Waals surface area contributed by atoms with Crippen molar-refractivity contribution in [3.8, 4) is 16.9 Å². The molecule has 0 aliphatic carbocycles. The van der Waals surface area contributed by atoms with E-state index < -0.39 is 23.4 Å². The predicted molar refractivity (Wildman–Crippen MR) is 98.4 cm³/mol. The van der Waals surface area contributed by atoms with Crippen molar-refractivity contribution in [1.82, 2.24) is 15.5 Å². The van der Waals surface area contributed by atoms with Crippen molar-refractivity contribution in [3.05, 3.63) is 47.4 Å². The number of carbonyl (C=O) groups is 1. The average Bonchev–Trinajstić information content (AvgIpc) is 2.65. The van der Waals surface area contributed by atoms with Crippen molar-refractivity contribution in [2.75, 3.05) is 19.4 Å². The molecule has 3 N–H and O–H groups in total. The Balaban J connectivity index is 2.27. The van der Waals surface area contributed by atoms with E-state index in [0.717, 1.165) is 12.1 Å². The Labute approximate surface area is 158 Å². The number of nitrogens with two attached hydrogens (primary N) is 1. The summed E-state index contributed by atoms with van der Waals surface area (Å²) in [7, 11) is 1.18. The fraction of sp³-hybridized carbons (Fsp3) is 0.211. The molecule has 2 aromatic carbocycles. The number of aromatic nitrogens is 2. The number of nitrogens with one attached hydrogen (secondary N) is 1. The fourth-order valence-electron chi connectivity index (χ4n) is 2.87. The zero-order valence-electron chi connectivity index (χ0n) is 15.1. The Morgan fingerprint density at radius 3 is 2.61 bits per heavy atom. The topological polar surface area (TPSA) is 90.1 Å². The van der Waals surface area contributed by atoms with Crippen LogP contribution in [0, 0.1) is 17.5 Å². The lowest BCUT2D eigenvalue weighted by Crippen LogP contribution is -2.26. The first kappa shape index (κ1) is 19.4. The molecule has 28 heavy (non-hydrogen) atoms. The van der Waals surface area contributed by atoms with E-state index in [2.05, 4.69) is 15.5 Å². The molecule has 1 aromatic heterocycles. The van der Waals surface area contributed by atoms with Gasteiger partial charge in [0.1, 0.15) is 17.2 Å². The van der Waals surface area contributed by atoms with Gasteiger partial charge in [0.2, 0.25) is 0 Å².